The molecule has 0 bridgehead atoms. The molecule has 0 fully saturated rings. The molecule has 0 saturated heterocycles. The molecule has 0 heterocycles. The van der Waals surface area contributed by atoms with Crippen molar-refractivity contribution < 1.29 is 14.3 Å². The van der Waals surface area contributed by atoms with Crippen molar-refractivity contribution in [3.63, 3.8) is 0 Å². The highest BCUT2D eigenvalue weighted by atomic mass is 16.5. The lowest BCUT2D eigenvalue weighted by atomic mass is 10.0. The Labute approximate surface area is 138 Å². The summed E-state index contributed by atoms with van der Waals surface area (Å²) in [6, 6.07) is 9.09. The largest absolute Gasteiger partial charge is 0.449 e. The van der Waals surface area contributed by atoms with Crippen molar-refractivity contribution in [3.8, 4) is 0 Å². The molecular weight excluding hydrogens is 292 g/mol. The molecule has 0 aliphatic rings. The van der Waals surface area contributed by atoms with E-state index in [2.05, 4.69) is 10.6 Å². The van der Waals surface area contributed by atoms with Crippen LogP contribution >= 0.6 is 0 Å². The third-order valence-electron chi connectivity index (χ3n) is 3.17. The van der Waals surface area contributed by atoms with Gasteiger partial charge >= 0.3 is 6.09 Å². The van der Waals surface area contributed by atoms with Gasteiger partial charge in [0.1, 0.15) is 6.04 Å². The highest BCUT2D eigenvalue weighted by Gasteiger charge is 2.22. The normalized spacial score (nSPS) is 12.1. The van der Waals surface area contributed by atoms with E-state index in [4.69, 9.17) is 4.74 Å². The summed E-state index contributed by atoms with van der Waals surface area (Å²) in [6.07, 6.45) is 0.0245. The first kappa shape index (κ1) is 19.0. The predicted molar refractivity (Wildman–Crippen MR) is 90.9 cm³/mol. The summed E-state index contributed by atoms with van der Waals surface area (Å²) >= 11 is 0. The molecule has 1 aromatic carbocycles. The van der Waals surface area contributed by atoms with Crippen LogP contribution in [-0.4, -0.2) is 24.6 Å². The van der Waals surface area contributed by atoms with Crippen LogP contribution in [0, 0.1) is 11.8 Å². The minimum atomic E-state index is -0.585. The number of rotatable bonds is 8. The molecule has 0 saturated carbocycles. The van der Waals surface area contributed by atoms with Crippen LogP contribution in [-0.2, 0) is 16.1 Å². The number of nitrogens with one attached hydrogen (secondary N) is 2. The molecule has 128 valence electrons. The molecule has 0 aliphatic carbocycles. The second-order valence-corrected chi connectivity index (χ2v) is 6.52. The summed E-state index contributed by atoms with van der Waals surface area (Å²) < 4.78 is 5.10. The van der Waals surface area contributed by atoms with Gasteiger partial charge in [-0.1, -0.05) is 58.0 Å². The van der Waals surface area contributed by atoms with E-state index < -0.39 is 12.1 Å². The maximum atomic E-state index is 12.3. The average Bonchev–Trinajstić information content (AvgIpc) is 2.50. The molecule has 2 N–H and O–H groups in total. The van der Waals surface area contributed by atoms with Gasteiger partial charge in [0.2, 0.25) is 5.91 Å². The number of carbonyl (C=O) groups excluding carboxylic acids is 2. The minimum absolute atomic E-state index is 0.191. The van der Waals surface area contributed by atoms with Gasteiger partial charge in [-0.2, -0.15) is 0 Å². The first-order chi connectivity index (χ1) is 10.9. The molecule has 5 nitrogen and oxygen atoms in total. The van der Waals surface area contributed by atoms with E-state index in [9.17, 15) is 9.59 Å². The first-order valence-electron chi connectivity index (χ1n) is 8.13. The lowest BCUT2D eigenvalue weighted by Crippen LogP contribution is -2.47. The van der Waals surface area contributed by atoms with Crippen molar-refractivity contribution in [1.82, 2.24) is 10.6 Å². The Morgan fingerprint density at radius 2 is 1.70 bits per heavy atom. The smallest absolute Gasteiger partial charge is 0.407 e. The van der Waals surface area contributed by atoms with Gasteiger partial charge in [0.15, 0.2) is 0 Å². The Bertz CT molecular complexity index is 486. The quantitative estimate of drug-likeness (QED) is 0.773. The monoisotopic (exact) mass is 320 g/mol. The summed E-state index contributed by atoms with van der Waals surface area (Å²) in [5.74, 6) is 0.355. The molecule has 2 amide bonds. The number of ether oxygens (including phenoxy) is 1. The van der Waals surface area contributed by atoms with Crippen LogP contribution in [0.3, 0.4) is 0 Å². The maximum Gasteiger partial charge on any atom is 0.407 e. The molecule has 0 aliphatic heterocycles. The van der Waals surface area contributed by atoms with Gasteiger partial charge in [0.05, 0.1) is 6.61 Å². The topological polar surface area (TPSA) is 67.4 Å². The zero-order chi connectivity index (χ0) is 17.2. The number of hydrogen-bond acceptors (Lipinski definition) is 3. The summed E-state index contributed by atoms with van der Waals surface area (Å²) in [7, 11) is 0. The van der Waals surface area contributed by atoms with Gasteiger partial charge in [-0.05, 0) is 23.8 Å². The number of hydrogen-bond donors (Lipinski definition) is 2. The van der Waals surface area contributed by atoms with Crippen molar-refractivity contribution in [2.24, 2.45) is 11.8 Å². The molecule has 1 rings (SSSR count). The van der Waals surface area contributed by atoms with E-state index in [-0.39, 0.29) is 17.7 Å². The zero-order valence-electron chi connectivity index (χ0n) is 14.5. The Morgan fingerprint density at radius 1 is 1.04 bits per heavy atom. The second kappa shape index (κ2) is 9.87. The summed E-state index contributed by atoms with van der Waals surface area (Å²) in [4.78, 5) is 24.1. The fourth-order valence-electron chi connectivity index (χ4n) is 2.04. The van der Waals surface area contributed by atoms with Gasteiger partial charge in [0.25, 0.3) is 0 Å². The van der Waals surface area contributed by atoms with Crippen molar-refractivity contribution in [2.45, 2.75) is 46.7 Å². The highest BCUT2D eigenvalue weighted by Crippen LogP contribution is 2.06. The number of carbonyl (C=O) groups is 2. The Hall–Kier alpha value is -2.04. The molecule has 0 unspecified atom stereocenters. The van der Waals surface area contributed by atoms with E-state index in [1.54, 1.807) is 0 Å². The van der Waals surface area contributed by atoms with Gasteiger partial charge < -0.3 is 15.4 Å². The fourth-order valence-corrected chi connectivity index (χ4v) is 2.04. The van der Waals surface area contributed by atoms with Crippen LogP contribution in [0.1, 0.15) is 39.7 Å². The van der Waals surface area contributed by atoms with Gasteiger partial charge in [-0.3, -0.25) is 4.79 Å². The van der Waals surface area contributed by atoms with Crippen molar-refractivity contribution >= 4 is 12.0 Å². The van der Waals surface area contributed by atoms with Crippen molar-refractivity contribution in [1.29, 1.82) is 0 Å². The summed E-state index contributed by atoms with van der Waals surface area (Å²) in [6.45, 7) is 8.73. The molecular formula is C18H28N2O3. The predicted octanol–water partition coefficient (Wildman–Crippen LogP) is 3.10. The molecule has 1 aromatic rings. The maximum absolute atomic E-state index is 12.3. The number of alkyl carbamates (subject to hydrolysis) is 1. The van der Waals surface area contributed by atoms with Crippen LogP contribution < -0.4 is 10.6 Å². The van der Waals surface area contributed by atoms with E-state index in [1.807, 2.05) is 58.0 Å². The lowest BCUT2D eigenvalue weighted by molar-refractivity contribution is -0.123. The van der Waals surface area contributed by atoms with E-state index in [1.165, 1.54) is 0 Å². The highest BCUT2D eigenvalue weighted by molar-refractivity contribution is 5.85. The minimum Gasteiger partial charge on any atom is -0.449 e. The standard InChI is InChI=1S/C18H28N2O3/c1-13(2)10-16(20-18(22)23-12-14(3)4)17(21)19-11-15-8-6-5-7-9-15/h5-9,13-14,16H,10-12H2,1-4H3,(H,19,21)(H,20,22)/t16-/m0/s1. The Balaban J connectivity index is 2.54. The van der Waals surface area contributed by atoms with Crippen LogP contribution in [0.15, 0.2) is 30.3 Å². The molecule has 23 heavy (non-hydrogen) atoms. The van der Waals surface area contributed by atoms with Crippen LogP contribution in [0.4, 0.5) is 4.79 Å². The Kier molecular flexibility index (Phi) is 8.16. The Morgan fingerprint density at radius 3 is 2.26 bits per heavy atom. The SMILES string of the molecule is CC(C)COC(=O)N[C@@H](CC(C)C)C(=O)NCc1ccccc1. The third-order valence-corrected chi connectivity index (χ3v) is 3.17. The molecule has 5 heteroatoms. The average molecular weight is 320 g/mol. The van der Waals surface area contributed by atoms with E-state index >= 15 is 0 Å². The molecule has 0 aromatic heterocycles. The summed E-state index contributed by atoms with van der Waals surface area (Å²) in [5.41, 5.74) is 1.02. The third kappa shape index (κ3) is 8.24. The van der Waals surface area contributed by atoms with Crippen LogP contribution in [0.25, 0.3) is 0 Å². The van der Waals surface area contributed by atoms with Crippen molar-refractivity contribution in [2.75, 3.05) is 6.61 Å². The number of amides is 2. The second-order valence-electron chi connectivity index (χ2n) is 6.52. The fraction of sp³-hybridized carbons (Fsp3) is 0.556. The molecule has 1 atom stereocenters. The molecule has 0 radical (unpaired) electrons. The number of benzene rings is 1. The zero-order valence-corrected chi connectivity index (χ0v) is 14.5. The van der Waals surface area contributed by atoms with E-state index in [0.29, 0.717) is 19.6 Å². The first-order valence-corrected chi connectivity index (χ1v) is 8.13. The van der Waals surface area contributed by atoms with Gasteiger partial charge in [-0.15, -0.1) is 0 Å². The van der Waals surface area contributed by atoms with Crippen LogP contribution in [0.2, 0.25) is 0 Å². The lowest BCUT2D eigenvalue weighted by Gasteiger charge is -2.20. The van der Waals surface area contributed by atoms with Crippen LogP contribution in [0.5, 0.6) is 0 Å². The van der Waals surface area contributed by atoms with E-state index in [0.717, 1.165) is 5.56 Å². The van der Waals surface area contributed by atoms with Gasteiger partial charge in [-0.25, -0.2) is 4.79 Å². The van der Waals surface area contributed by atoms with Gasteiger partial charge in [0, 0.05) is 6.54 Å². The molecule has 0 spiro atoms. The summed E-state index contributed by atoms with van der Waals surface area (Å²) in [5, 5.41) is 5.53. The van der Waals surface area contributed by atoms with Crippen molar-refractivity contribution in [3.05, 3.63) is 35.9 Å².